The molecule has 2 N–H and O–H groups in total. The molecule has 0 aliphatic carbocycles. The van der Waals surface area contributed by atoms with E-state index in [-0.39, 0.29) is 6.54 Å². The van der Waals surface area contributed by atoms with E-state index in [1.54, 1.807) is 0 Å². The minimum Gasteiger partial charge on any atom is -0.327 e. The molecule has 0 amide bonds. The van der Waals surface area contributed by atoms with Crippen molar-refractivity contribution in [2.24, 2.45) is 5.73 Å². The van der Waals surface area contributed by atoms with Crippen LogP contribution < -0.4 is 5.73 Å². The molecule has 0 bridgehead atoms. The normalized spacial score (nSPS) is 12.3. The molecule has 0 spiro atoms. The van der Waals surface area contributed by atoms with Crippen LogP contribution in [0.5, 0.6) is 0 Å². The third-order valence-corrected chi connectivity index (χ3v) is 1.78. The van der Waals surface area contributed by atoms with Gasteiger partial charge in [0, 0.05) is 12.1 Å². The number of halogens is 4. The molecule has 0 heterocycles. The molecule has 1 rings (SSSR count). The van der Waals surface area contributed by atoms with Gasteiger partial charge < -0.3 is 5.73 Å². The maximum Gasteiger partial charge on any atom is 0.417 e. The summed E-state index contributed by atoms with van der Waals surface area (Å²) in [6, 6.07) is 2.84. The van der Waals surface area contributed by atoms with Crippen molar-refractivity contribution in [2.75, 3.05) is 6.54 Å². The van der Waals surface area contributed by atoms with E-state index in [4.69, 9.17) is 5.73 Å². The highest BCUT2D eigenvalue weighted by atomic mass is 19.4. The van der Waals surface area contributed by atoms with Gasteiger partial charge in [0.15, 0.2) is 0 Å². The highest BCUT2D eigenvalue weighted by molar-refractivity contribution is 5.55. The fourth-order valence-electron chi connectivity index (χ4n) is 1.14. The Morgan fingerprint density at radius 2 is 1.93 bits per heavy atom. The van der Waals surface area contributed by atoms with E-state index >= 15 is 0 Å². The topological polar surface area (TPSA) is 26.0 Å². The number of nitrogens with two attached hydrogens (primary N) is 1. The quantitative estimate of drug-likeness (QED) is 0.760. The maximum absolute atomic E-state index is 13.1. The summed E-state index contributed by atoms with van der Waals surface area (Å²) in [5, 5.41) is 0. The van der Waals surface area contributed by atoms with Crippen molar-refractivity contribution in [3.8, 4) is 0 Å². The van der Waals surface area contributed by atoms with Gasteiger partial charge in [-0.2, -0.15) is 13.2 Å². The molecule has 0 radical (unpaired) electrons. The van der Waals surface area contributed by atoms with E-state index in [9.17, 15) is 17.6 Å². The molecular formula is C10H9F4N. The molecule has 0 saturated carbocycles. The first-order chi connectivity index (χ1) is 6.96. The summed E-state index contributed by atoms with van der Waals surface area (Å²) in [4.78, 5) is 0. The van der Waals surface area contributed by atoms with Gasteiger partial charge in [0.25, 0.3) is 0 Å². The van der Waals surface area contributed by atoms with Gasteiger partial charge >= 0.3 is 6.18 Å². The maximum atomic E-state index is 13.1. The molecule has 0 fully saturated rings. The van der Waals surface area contributed by atoms with E-state index in [0.29, 0.717) is 0 Å². The van der Waals surface area contributed by atoms with Crippen LogP contribution in [0.4, 0.5) is 17.6 Å². The predicted octanol–water partition coefficient (Wildman–Crippen LogP) is 2.82. The Balaban J connectivity index is 3.27. The lowest BCUT2D eigenvalue weighted by atomic mass is 10.1. The van der Waals surface area contributed by atoms with Gasteiger partial charge in [-0.3, -0.25) is 0 Å². The van der Waals surface area contributed by atoms with Crippen LogP contribution in [0.2, 0.25) is 0 Å². The zero-order chi connectivity index (χ0) is 11.5. The lowest BCUT2D eigenvalue weighted by Gasteiger charge is -2.10. The Hall–Kier alpha value is -1.36. The van der Waals surface area contributed by atoms with Crippen LogP contribution in [0.3, 0.4) is 0 Å². The fourth-order valence-corrected chi connectivity index (χ4v) is 1.14. The van der Waals surface area contributed by atoms with Gasteiger partial charge in [-0.05, 0) is 12.1 Å². The first kappa shape index (κ1) is 11.7. The molecule has 0 atom stereocenters. The molecule has 5 heteroatoms. The van der Waals surface area contributed by atoms with E-state index in [2.05, 4.69) is 0 Å². The fraction of sp³-hybridized carbons (Fsp3) is 0.200. The number of benzene rings is 1. The van der Waals surface area contributed by atoms with Crippen molar-refractivity contribution >= 4 is 6.08 Å². The second-order valence-corrected chi connectivity index (χ2v) is 2.84. The molecule has 0 unspecified atom stereocenters. The van der Waals surface area contributed by atoms with Crippen LogP contribution in [0.15, 0.2) is 24.3 Å². The Morgan fingerprint density at radius 3 is 2.47 bits per heavy atom. The van der Waals surface area contributed by atoms with Gasteiger partial charge in [-0.25, -0.2) is 4.39 Å². The number of rotatable bonds is 2. The molecule has 1 aromatic carbocycles. The summed E-state index contributed by atoms with van der Waals surface area (Å²) in [6.45, 7) is 0.0611. The van der Waals surface area contributed by atoms with Gasteiger partial charge in [0.05, 0.1) is 5.56 Å². The standard InChI is InChI=1S/C10H9F4N/c11-9-5-1-4-8(10(12,13)14)7(9)3-2-6-15/h1-5H,6,15H2/b3-2+. The summed E-state index contributed by atoms with van der Waals surface area (Å²) in [5.74, 6) is -0.908. The minimum atomic E-state index is -4.56. The Morgan fingerprint density at radius 1 is 1.27 bits per heavy atom. The lowest BCUT2D eigenvalue weighted by molar-refractivity contribution is -0.137. The predicted molar refractivity (Wildman–Crippen MR) is 49.5 cm³/mol. The van der Waals surface area contributed by atoms with E-state index in [0.717, 1.165) is 24.3 Å². The monoisotopic (exact) mass is 219 g/mol. The van der Waals surface area contributed by atoms with Gasteiger partial charge in [0.2, 0.25) is 0 Å². The van der Waals surface area contributed by atoms with Gasteiger partial charge in [-0.1, -0.05) is 18.2 Å². The third-order valence-electron chi connectivity index (χ3n) is 1.78. The summed E-state index contributed by atoms with van der Waals surface area (Å²) < 4.78 is 50.4. The summed E-state index contributed by atoms with van der Waals surface area (Å²) in [5.41, 5.74) is 3.63. The van der Waals surface area contributed by atoms with Crippen LogP contribution >= 0.6 is 0 Å². The molecule has 82 valence electrons. The SMILES string of the molecule is NC/C=C/c1c(F)cccc1C(F)(F)F. The smallest absolute Gasteiger partial charge is 0.327 e. The largest absolute Gasteiger partial charge is 0.417 e. The molecule has 0 saturated heterocycles. The van der Waals surface area contributed by atoms with E-state index in [1.165, 1.54) is 6.08 Å². The number of alkyl halides is 3. The second kappa shape index (κ2) is 4.44. The first-order valence-electron chi connectivity index (χ1n) is 4.19. The average molecular weight is 219 g/mol. The summed E-state index contributed by atoms with van der Waals surface area (Å²) in [7, 11) is 0. The molecule has 1 aromatic rings. The van der Waals surface area contributed by atoms with Crippen LogP contribution in [-0.2, 0) is 6.18 Å². The van der Waals surface area contributed by atoms with Crippen LogP contribution in [-0.4, -0.2) is 6.54 Å². The van der Waals surface area contributed by atoms with Crippen LogP contribution in [0.25, 0.3) is 6.08 Å². The van der Waals surface area contributed by atoms with Crippen molar-refractivity contribution < 1.29 is 17.6 Å². The Labute approximate surface area is 84.2 Å². The van der Waals surface area contributed by atoms with Crippen LogP contribution in [0.1, 0.15) is 11.1 Å². The molecule has 1 nitrogen and oxygen atoms in total. The van der Waals surface area contributed by atoms with E-state index in [1.807, 2.05) is 0 Å². The average Bonchev–Trinajstić information content (AvgIpc) is 2.14. The van der Waals surface area contributed by atoms with Crippen molar-refractivity contribution in [3.63, 3.8) is 0 Å². The highest BCUT2D eigenvalue weighted by Gasteiger charge is 2.33. The molecule has 0 aromatic heterocycles. The Bertz CT molecular complexity index is 368. The third kappa shape index (κ3) is 2.79. The van der Waals surface area contributed by atoms with Crippen molar-refractivity contribution in [3.05, 3.63) is 41.2 Å². The number of hydrogen-bond acceptors (Lipinski definition) is 1. The van der Waals surface area contributed by atoms with Gasteiger partial charge in [-0.15, -0.1) is 0 Å². The van der Waals surface area contributed by atoms with Crippen LogP contribution in [0, 0.1) is 5.82 Å². The summed E-state index contributed by atoms with van der Waals surface area (Å²) >= 11 is 0. The number of hydrogen-bond donors (Lipinski definition) is 1. The zero-order valence-electron chi connectivity index (χ0n) is 7.68. The van der Waals surface area contributed by atoms with Crippen molar-refractivity contribution in [1.29, 1.82) is 0 Å². The van der Waals surface area contributed by atoms with Crippen molar-refractivity contribution in [2.45, 2.75) is 6.18 Å². The molecule has 0 aliphatic heterocycles. The second-order valence-electron chi connectivity index (χ2n) is 2.84. The van der Waals surface area contributed by atoms with Crippen molar-refractivity contribution in [1.82, 2.24) is 0 Å². The van der Waals surface area contributed by atoms with E-state index < -0.39 is 23.1 Å². The highest BCUT2D eigenvalue weighted by Crippen LogP contribution is 2.33. The zero-order valence-corrected chi connectivity index (χ0v) is 7.68. The molecule has 15 heavy (non-hydrogen) atoms. The summed E-state index contributed by atoms with van der Waals surface area (Å²) in [6.07, 6.45) is -2.25. The minimum absolute atomic E-state index is 0.0611. The molecular weight excluding hydrogens is 210 g/mol. The lowest BCUT2D eigenvalue weighted by Crippen LogP contribution is -2.08. The Kier molecular flexibility index (Phi) is 3.47. The first-order valence-corrected chi connectivity index (χ1v) is 4.19. The van der Waals surface area contributed by atoms with Gasteiger partial charge in [0.1, 0.15) is 5.82 Å². The molecule has 0 aliphatic rings.